The highest BCUT2D eigenvalue weighted by Crippen LogP contribution is 2.19. The summed E-state index contributed by atoms with van der Waals surface area (Å²) in [5.74, 6) is -0.975. The van der Waals surface area contributed by atoms with Gasteiger partial charge in [-0.2, -0.15) is 5.10 Å². The first-order valence-electron chi connectivity index (χ1n) is 9.26. The van der Waals surface area contributed by atoms with Gasteiger partial charge < -0.3 is 19.8 Å². The molecule has 0 aliphatic carbocycles. The lowest BCUT2D eigenvalue weighted by atomic mass is 10.0. The van der Waals surface area contributed by atoms with Crippen molar-refractivity contribution in [3.8, 4) is 5.75 Å². The molecule has 1 unspecified atom stereocenters. The van der Waals surface area contributed by atoms with Gasteiger partial charge in [-0.15, -0.1) is 0 Å². The van der Waals surface area contributed by atoms with E-state index in [2.05, 4.69) is 20.8 Å². The highest BCUT2D eigenvalue weighted by molar-refractivity contribution is 6.01. The first-order chi connectivity index (χ1) is 14.3. The number of fused-ring (bicyclic) bond motifs is 1. The molecular formula is C21H22N4O5. The number of hydrogen-bond donors (Lipinski definition) is 4. The van der Waals surface area contributed by atoms with Crippen LogP contribution in [0.25, 0.3) is 10.9 Å². The number of nitrogens with one attached hydrogen (secondary N) is 3. The van der Waals surface area contributed by atoms with Gasteiger partial charge in [-0.1, -0.05) is 18.2 Å². The van der Waals surface area contributed by atoms with Gasteiger partial charge in [0.25, 0.3) is 5.91 Å². The fourth-order valence-corrected chi connectivity index (χ4v) is 3.18. The number of amides is 2. The van der Waals surface area contributed by atoms with Gasteiger partial charge in [0.05, 0.1) is 5.71 Å². The molecule has 0 saturated heterocycles. The van der Waals surface area contributed by atoms with Crippen LogP contribution in [0.2, 0.25) is 0 Å². The summed E-state index contributed by atoms with van der Waals surface area (Å²) in [6, 6.07) is 8.02. The number of carbonyl (C=O) groups is 2. The highest BCUT2D eigenvalue weighted by atomic mass is 16.4. The maximum absolute atomic E-state index is 12.7. The van der Waals surface area contributed by atoms with E-state index in [0.717, 1.165) is 16.5 Å². The molecule has 0 radical (unpaired) electrons. The lowest BCUT2D eigenvalue weighted by Gasteiger charge is -2.16. The summed E-state index contributed by atoms with van der Waals surface area (Å²) in [6.07, 6.45) is 2.03. The minimum Gasteiger partial charge on any atom is -0.507 e. The molecule has 30 heavy (non-hydrogen) atoms. The average Bonchev–Trinajstić information content (AvgIpc) is 3.07. The van der Waals surface area contributed by atoms with Crippen molar-refractivity contribution in [3.05, 3.63) is 63.8 Å². The Morgan fingerprint density at radius 2 is 2.00 bits per heavy atom. The molecule has 4 N–H and O–H groups in total. The van der Waals surface area contributed by atoms with Crippen molar-refractivity contribution in [2.24, 2.45) is 5.10 Å². The summed E-state index contributed by atoms with van der Waals surface area (Å²) >= 11 is 0. The van der Waals surface area contributed by atoms with Crippen LogP contribution in [0, 0.1) is 6.92 Å². The van der Waals surface area contributed by atoms with Crippen molar-refractivity contribution in [2.75, 3.05) is 0 Å². The number of aromatic nitrogens is 1. The fourth-order valence-electron chi connectivity index (χ4n) is 3.18. The molecule has 2 amide bonds. The zero-order valence-corrected chi connectivity index (χ0v) is 16.8. The van der Waals surface area contributed by atoms with Gasteiger partial charge in [-0.05, 0) is 25.5 Å². The lowest BCUT2D eigenvalue weighted by Crippen LogP contribution is -2.46. The monoisotopic (exact) mass is 410 g/mol. The van der Waals surface area contributed by atoms with Crippen molar-refractivity contribution >= 4 is 28.4 Å². The molecule has 0 bridgehead atoms. The Morgan fingerprint density at radius 3 is 2.70 bits per heavy atom. The van der Waals surface area contributed by atoms with E-state index >= 15 is 0 Å². The Kier molecular flexibility index (Phi) is 6.01. The molecule has 9 nitrogen and oxygen atoms in total. The van der Waals surface area contributed by atoms with Crippen LogP contribution in [0.5, 0.6) is 5.75 Å². The van der Waals surface area contributed by atoms with Crippen LogP contribution in [-0.4, -0.2) is 33.7 Å². The van der Waals surface area contributed by atoms with Crippen LogP contribution >= 0.6 is 0 Å². The van der Waals surface area contributed by atoms with Crippen molar-refractivity contribution in [1.29, 1.82) is 0 Å². The minimum absolute atomic E-state index is 0.0725. The summed E-state index contributed by atoms with van der Waals surface area (Å²) in [4.78, 5) is 39.4. The van der Waals surface area contributed by atoms with E-state index in [-0.39, 0.29) is 35.1 Å². The minimum atomic E-state index is -0.888. The molecule has 3 rings (SSSR count). The van der Waals surface area contributed by atoms with Gasteiger partial charge in [-0.3, -0.25) is 9.59 Å². The number of benzene rings is 1. The quantitative estimate of drug-likeness (QED) is 0.362. The van der Waals surface area contributed by atoms with Gasteiger partial charge in [0.1, 0.15) is 23.1 Å². The highest BCUT2D eigenvalue weighted by Gasteiger charge is 2.22. The molecular weight excluding hydrogens is 388 g/mol. The summed E-state index contributed by atoms with van der Waals surface area (Å²) in [5.41, 5.74) is 3.29. The number of para-hydroxylation sites is 1. The second-order valence-corrected chi connectivity index (χ2v) is 6.89. The van der Waals surface area contributed by atoms with Crippen LogP contribution in [0.15, 0.2) is 50.8 Å². The van der Waals surface area contributed by atoms with Gasteiger partial charge in [0, 0.05) is 36.5 Å². The predicted molar refractivity (Wildman–Crippen MR) is 111 cm³/mol. The van der Waals surface area contributed by atoms with Crippen LogP contribution in [-0.2, 0) is 16.0 Å². The Labute approximate surface area is 171 Å². The number of H-pyrrole nitrogens is 1. The molecule has 2 heterocycles. The molecule has 1 aromatic carbocycles. The number of rotatable bonds is 6. The normalized spacial score (nSPS) is 12.6. The molecule has 2 aromatic heterocycles. The largest absolute Gasteiger partial charge is 0.507 e. The third-order valence-electron chi connectivity index (χ3n) is 4.54. The molecule has 1 atom stereocenters. The number of nitrogens with zero attached hydrogens (tertiary/aromatic N) is 1. The van der Waals surface area contributed by atoms with Crippen molar-refractivity contribution < 1.29 is 19.1 Å². The number of aromatic hydroxyl groups is 1. The van der Waals surface area contributed by atoms with E-state index in [4.69, 9.17) is 4.42 Å². The summed E-state index contributed by atoms with van der Waals surface area (Å²) in [6.45, 7) is 4.30. The lowest BCUT2D eigenvalue weighted by molar-refractivity contribution is -0.128. The number of carbonyl (C=O) groups excluding carboxylic acids is 2. The molecule has 3 aromatic rings. The van der Waals surface area contributed by atoms with Crippen LogP contribution in [0.4, 0.5) is 0 Å². The zero-order chi connectivity index (χ0) is 21.8. The van der Waals surface area contributed by atoms with E-state index < -0.39 is 17.6 Å². The second-order valence-electron chi connectivity index (χ2n) is 6.89. The molecule has 0 spiro atoms. The number of aromatic amines is 1. The number of hydrazone groups is 1. The smallest absolute Gasteiger partial charge is 0.348 e. The molecule has 156 valence electrons. The van der Waals surface area contributed by atoms with Gasteiger partial charge in [-0.25, -0.2) is 10.2 Å². The van der Waals surface area contributed by atoms with E-state index in [1.807, 2.05) is 24.3 Å². The molecule has 0 aliphatic rings. The van der Waals surface area contributed by atoms with Gasteiger partial charge in [0.15, 0.2) is 0 Å². The van der Waals surface area contributed by atoms with Gasteiger partial charge in [0.2, 0.25) is 5.91 Å². The predicted octanol–water partition coefficient (Wildman–Crippen LogP) is 1.72. The van der Waals surface area contributed by atoms with E-state index in [1.165, 1.54) is 26.8 Å². The van der Waals surface area contributed by atoms with Crippen LogP contribution in [0.3, 0.4) is 0 Å². The Hall–Kier alpha value is -3.88. The van der Waals surface area contributed by atoms with Crippen molar-refractivity contribution in [2.45, 2.75) is 33.2 Å². The SMILES string of the molecule is CC(=O)NC(Cc1c[nH]c2ccccc12)C(=O)N/N=C(\C)c1c(O)cc(C)oc1=O. The third-order valence-corrected chi connectivity index (χ3v) is 4.54. The van der Waals surface area contributed by atoms with E-state index in [0.29, 0.717) is 0 Å². The number of aryl methyl sites for hydroxylation is 1. The average molecular weight is 410 g/mol. The zero-order valence-electron chi connectivity index (χ0n) is 16.8. The maximum Gasteiger partial charge on any atom is 0.348 e. The second kappa shape index (κ2) is 8.64. The molecule has 0 saturated carbocycles. The Morgan fingerprint density at radius 1 is 1.27 bits per heavy atom. The molecule has 9 heteroatoms. The van der Waals surface area contributed by atoms with Crippen LogP contribution in [0.1, 0.15) is 30.7 Å². The molecule has 0 fully saturated rings. The summed E-state index contributed by atoms with van der Waals surface area (Å²) in [7, 11) is 0. The first kappa shape index (κ1) is 20.8. The maximum atomic E-state index is 12.7. The third kappa shape index (κ3) is 4.57. The van der Waals surface area contributed by atoms with Crippen LogP contribution < -0.4 is 16.4 Å². The van der Waals surface area contributed by atoms with E-state index in [1.54, 1.807) is 6.20 Å². The molecule has 0 aliphatic heterocycles. The Bertz CT molecular complexity index is 1190. The summed E-state index contributed by atoms with van der Waals surface area (Å²) < 4.78 is 4.96. The Balaban J connectivity index is 1.81. The standard InChI is InChI=1S/C21H22N4O5/c1-11-8-18(27)19(21(29)30-11)12(2)24-25-20(28)17(23-13(3)26)9-14-10-22-16-7-5-4-6-15(14)16/h4-8,10,17,22,27H,9H2,1-3H3,(H,23,26)(H,25,28)/b24-12+. The summed E-state index contributed by atoms with van der Waals surface area (Å²) in [5, 5.41) is 17.5. The fraction of sp³-hybridized carbons (Fsp3) is 0.238. The van der Waals surface area contributed by atoms with Crippen molar-refractivity contribution in [1.82, 2.24) is 15.7 Å². The number of hydrogen-bond acceptors (Lipinski definition) is 6. The van der Waals surface area contributed by atoms with E-state index in [9.17, 15) is 19.5 Å². The van der Waals surface area contributed by atoms with Gasteiger partial charge >= 0.3 is 5.63 Å². The topological polar surface area (TPSA) is 137 Å². The van der Waals surface area contributed by atoms with Crippen molar-refractivity contribution in [3.63, 3.8) is 0 Å². The first-order valence-corrected chi connectivity index (χ1v) is 9.26.